The van der Waals surface area contributed by atoms with Crippen LogP contribution in [0, 0.1) is 0 Å². The number of aromatic nitrogens is 3. The van der Waals surface area contributed by atoms with Gasteiger partial charge < -0.3 is 19.2 Å². The Morgan fingerprint density at radius 1 is 1.25 bits per heavy atom. The van der Waals surface area contributed by atoms with E-state index in [9.17, 15) is 13.6 Å². The second-order valence-electron chi connectivity index (χ2n) is 8.27. The highest BCUT2D eigenvalue weighted by Gasteiger charge is 2.24. The molecular formula is C23H26F2N4O3. The van der Waals surface area contributed by atoms with E-state index in [-0.39, 0.29) is 29.5 Å². The van der Waals surface area contributed by atoms with Crippen LogP contribution in [0.15, 0.2) is 36.7 Å². The van der Waals surface area contributed by atoms with Crippen molar-refractivity contribution in [1.29, 1.82) is 0 Å². The van der Waals surface area contributed by atoms with Gasteiger partial charge in [0.15, 0.2) is 0 Å². The second-order valence-corrected chi connectivity index (χ2v) is 8.27. The van der Waals surface area contributed by atoms with Crippen LogP contribution < -0.4 is 10.1 Å². The molecule has 1 saturated heterocycles. The van der Waals surface area contributed by atoms with E-state index in [0.29, 0.717) is 18.0 Å². The minimum absolute atomic E-state index is 0.0446. The number of hydrogen-bond acceptors (Lipinski definition) is 5. The Kier molecular flexibility index (Phi) is 6.36. The van der Waals surface area contributed by atoms with Crippen molar-refractivity contribution in [1.82, 2.24) is 14.4 Å². The highest BCUT2D eigenvalue weighted by molar-refractivity contribution is 6.05. The summed E-state index contributed by atoms with van der Waals surface area (Å²) in [7, 11) is 0. The van der Waals surface area contributed by atoms with Gasteiger partial charge in [0.2, 0.25) is 0 Å². The minimum Gasteiger partial charge on any atom is -0.490 e. The molecule has 4 heterocycles. The zero-order chi connectivity index (χ0) is 22.8. The molecule has 1 aliphatic heterocycles. The lowest BCUT2D eigenvalue weighted by Crippen LogP contribution is -2.22. The summed E-state index contributed by atoms with van der Waals surface area (Å²) in [6.07, 6.45) is 2.85. The molecule has 170 valence electrons. The normalized spacial score (nSPS) is 19.0. The van der Waals surface area contributed by atoms with Crippen LogP contribution in [0.25, 0.3) is 5.65 Å². The molecule has 1 N–H and O–H groups in total. The fraction of sp³-hybridized carbons (Fsp3) is 0.435. The van der Waals surface area contributed by atoms with Gasteiger partial charge in [-0.25, -0.2) is 18.7 Å². The number of imidazole rings is 1. The molecule has 32 heavy (non-hydrogen) atoms. The van der Waals surface area contributed by atoms with Crippen molar-refractivity contribution >= 4 is 17.4 Å². The van der Waals surface area contributed by atoms with Gasteiger partial charge in [-0.15, -0.1) is 0 Å². The molecule has 0 aliphatic carbocycles. The maximum Gasteiger partial charge on any atom is 0.280 e. The summed E-state index contributed by atoms with van der Waals surface area (Å²) in [5, 5.41) is 2.59. The predicted octanol–water partition coefficient (Wildman–Crippen LogP) is 4.99. The monoisotopic (exact) mass is 444 g/mol. The Labute approximate surface area is 184 Å². The number of alkyl halides is 2. The van der Waals surface area contributed by atoms with Crippen molar-refractivity contribution in [3.05, 3.63) is 53.6 Å². The first-order chi connectivity index (χ1) is 15.3. The summed E-state index contributed by atoms with van der Waals surface area (Å²) in [6, 6.07) is 5.81. The minimum atomic E-state index is -2.72. The first-order valence-corrected chi connectivity index (χ1v) is 10.7. The fourth-order valence-corrected chi connectivity index (χ4v) is 3.70. The standard InChI is InChI=1S/C23H26F2N4O3/c1-13(2)32-19-9-21-27-18(15-8-7-14(3)31-12-15)11-29(21)10-16(19)23(30)28-20-6-4-5-17(26-20)22(24)25/h4-6,9-11,13-15,22H,7-8,12H2,1-3H3,(H,26,28,30). The Bertz CT molecular complexity index is 1110. The smallest absolute Gasteiger partial charge is 0.280 e. The van der Waals surface area contributed by atoms with Crippen LogP contribution in [-0.4, -0.2) is 39.1 Å². The lowest BCUT2D eigenvalue weighted by molar-refractivity contribution is 0.0147. The number of nitrogens with one attached hydrogen (secondary N) is 1. The van der Waals surface area contributed by atoms with E-state index in [4.69, 9.17) is 14.5 Å². The van der Waals surface area contributed by atoms with E-state index in [1.165, 1.54) is 18.2 Å². The second kappa shape index (κ2) is 9.20. The van der Waals surface area contributed by atoms with E-state index in [1.807, 2.05) is 20.0 Å². The molecule has 1 aliphatic rings. The molecule has 2 unspecified atom stereocenters. The molecular weight excluding hydrogens is 418 g/mol. The van der Waals surface area contributed by atoms with E-state index >= 15 is 0 Å². The van der Waals surface area contributed by atoms with Gasteiger partial charge in [-0.05, 0) is 45.7 Å². The van der Waals surface area contributed by atoms with Crippen LogP contribution in [0.3, 0.4) is 0 Å². The zero-order valence-corrected chi connectivity index (χ0v) is 18.2. The Morgan fingerprint density at radius 3 is 2.75 bits per heavy atom. The molecule has 0 radical (unpaired) electrons. The number of pyridine rings is 2. The Balaban J connectivity index is 1.65. The van der Waals surface area contributed by atoms with Gasteiger partial charge in [-0.2, -0.15) is 0 Å². The number of carbonyl (C=O) groups excluding carboxylic acids is 1. The van der Waals surface area contributed by atoms with Gasteiger partial charge in [0.05, 0.1) is 30.1 Å². The number of amides is 1. The molecule has 4 rings (SSSR count). The Hall–Kier alpha value is -3.07. The molecule has 3 aromatic heterocycles. The number of anilines is 1. The predicted molar refractivity (Wildman–Crippen MR) is 115 cm³/mol. The third-order valence-electron chi connectivity index (χ3n) is 5.34. The number of hydrogen-bond donors (Lipinski definition) is 1. The largest absolute Gasteiger partial charge is 0.490 e. The van der Waals surface area contributed by atoms with Crippen LogP contribution in [0.2, 0.25) is 0 Å². The molecule has 0 bridgehead atoms. The third-order valence-corrected chi connectivity index (χ3v) is 5.34. The summed E-state index contributed by atoms with van der Waals surface area (Å²) in [4.78, 5) is 21.5. The van der Waals surface area contributed by atoms with Crippen LogP contribution in [0.4, 0.5) is 14.6 Å². The molecule has 7 nitrogen and oxygen atoms in total. The van der Waals surface area contributed by atoms with Gasteiger partial charge in [0.1, 0.15) is 22.9 Å². The summed E-state index contributed by atoms with van der Waals surface area (Å²) >= 11 is 0. The van der Waals surface area contributed by atoms with Crippen LogP contribution in [0.5, 0.6) is 5.75 Å². The van der Waals surface area contributed by atoms with E-state index in [0.717, 1.165) is 18.5 Å². The first kappa shape index (κ1) is 22.1. The van der Waals surface area contributed by atoms with Crippen LogP contribution in [0.1, 0.15) is 67.7 Å². The molecule has 1 fully saturated rings. The highest BCUT2D eigenvalue weighted by Crippen LogP contribution is 2.30. The first-order valence-electron chi connectivity index (χ1n) is 10.7. The topological polar surface area (TPSA) is 77.8 Å². The van der Waals surface area contributed by atoms with Gasteiger partial charge in [-0.1, -0.05) is 6.07 Å². The fourth-order valence-electron chi connectivity index (χ4n) is 3.70. The molecule has 0 aromatic carbocycles. The van der Waals surface area contributed by atoms with Gasteiger partial charge in [0, 0.05) is 24.4 Å². The molecule has 9 heteroatoms. The SMILES string of the molecule is CC(C)Oc1cc2nc(C3CCC(C)OC3)cn2cc1C(=O)Nc1cccc(C(F)F)n1. The zero-order valence-electron chi connectivity index (χ0n) is 18.2. The van der Waals surface area contributed by atoms with Crippen LogP contribution in [-0.2, 0) is 4.74 Å². The third kappa shape index (κ3) is 4.88. The molecule has 0 saturated carbocycles. The summed E-state index contributed by atoms with van der Waals surface area (Å²) in [5.41, 5.74) is 1.41. The maximum absolute atomic E-state index is 13.0. The van der Waals surface area contributed by atoms with E-state index < -0.39 is 18.0 Å². The van der Waals surface area contributed by atoms with Gasteiger partial charge in [-0.3, -0.25) is 4.79 Å². The van der Waals surface area contributed by atoms with Crippen molar-refractivity contribution < 1.29 is 23.0 Å². The quantitative estimate of drug-likeness (QED) is 0.580. The lowest BCUT2D eigenvalue weighted by Gasteiger charge is -2.25. The summed E-state index contributed by atoms with van der Waals surface area (Å²) < 4.78 is 39.3. The maximum atomic E-state index is 13.0. The summed E-state index contributed by atoms with van der Waals surface area (Å²) in [6.45, 7) is 6.39. The highest BCUT2D eigenvalue weighted by atomic mass is 19.3. The number of nitrogens with zero attached hydrogens (tertiary/aromatic N) is 3. The summed E-state index contributed by atoms with van der Waals surface area (Å²) in [5.74, 6) is 0.0922. The average Bonchev–Trinajstić information content (AvgIpc) is 3.16. The molecule has 1 amide bonds. The van der Waals surface area contributed by atoms with Crippen molar-refractivity contribution in [2.75, 3.05) is 11.9 Å². The number of fused-ring (bicyclic) bond motifs is 1. The molecule has 2 atom stereocenters. The van der Waals surface area contributed by atoms with Crippen molar-refractivity contribution in [3.8, 4) is 5.75 Å². The van der Waals surface area contributed by atoms with E-state index in [2.05, 4.69) is 17.2 Å². The van der Waals surface area contributed by atoms with Crippen molar-refractivity contribution in [3.63, 3.8) is 0 Å². The number of carbonyl (C=O) groups is 1. The Morgan fingerprint density at radius 2 is 2.06 bits per heavy atom. The van der Waals surface area contributed by atoms with Gasteiger partial charge in [0.25, 0.3) is 12.3 Å². The van der Waals surface area contributed by atoms with Crippen molar-refractivity contribution in [2.45, 2.75) is 58.2 Å². The average molecular weight is 444 g/mol. The number of rotatable bonds is 6. The van der Waals surface area contributed by atoms with Crippen LogP contribution >= 0.6 is 0 Å². The molecule has 0 spiro atoms. The van der Waals surface area contributed by atoms with E-state index in [1.54, 1.807) is 16.7 Å². The number of ether oxygens (including phenoxy) is 2. The number of halogens is 2. The van der Waals surface area contributed by atoms with Gasteiger partial charge >= 0.3 is 0 Å². The molecule has 3 aromatic rings. The van der Waals surface area contributed by atoms with Crippen molar-refractivity contribution in [2.24, 2.45) is 0 Å². The lowest BCUT2D eigenvalue weighted by atomic mass is 9.96.